The Morgan fingerprint density at radius 3 is 2.29 bits per heavy atom. The SMILES string of the molecule is C1CCC2(CC1)CCCN2.Nc1nccnn1. The molecule has 0 atom stereocenters. The van der Waals surface area contributed by atoms with E-state index in [2.05, 4.69) is 20.5 Å². The average molecular weight is 235 g/mol. The van der Waals surface area contributed by atoms with Gasteiger partial charge in [0.25, 0.3) is 0 Å². The first-order valence-electron chi connectivity index (χ1n) is 6.45. The molecule has 3 rings (SSSR count). The molecule has 2 aliphatic rings. The minimum Gasteiger partial charge on any atom is -0.366 e. The number of anilines is 1. The number of hydrogen-bond donors (Lipinski definition) is 2. The van der Waals surface area contributed by atoms with Gasteiger partial charge in [-0.1, -0.05) is 19.3 Å². The second-order valence-electron chi connectivity index (χ2n) is 4.87. The first-order valence-corrected chi connectivity index (χ1v) is 6.45. The van der Waals surface area contributed by atoms with Crippen LogP contribution in [0.5, 0.6) is 0 Å². The van der Waals surface area contributed by atoms with E-state index in [1.165, 1.54) is 63.9 Å². The van der Waals surface area contributed by atoms with Crippen LogP contribution in [0.2, 0.25) is 0 Å². The van der Waals surface area contributed by atoms with Gasteiger partial charge in [0, 0.05) is 5.54 Å². The summed E-state index contributed by atoms with van der Waals surface area (Å²) in [6, 6.07) is 0. The highest BCUT2D eigenvalue weighted by Gasteiger charge is 2.33. The third-order valence-electron chi connectivity index (χ3n) is 3.64. The quantitative estimate of drug-likeness (QED) is 0.713. The molecule has 0 amide bonds. The highest BCUT2D eigenvalue weighted by Crippen LogP contribution is 2.34. The van der Waals surface area contributed by atoms with Gasteiger partial charge in [0.15, 0.2) is 0 Å². The maximum absolute atomic E-state index is 5.07. The molecule has 5 nitrogen and oxygen atoms in total. The summed E-state index contributed by atoms with van der Waals surface area (Å²) in [7, 11) is 0. The Labute approximate surface area is 102 Å². The molecular weight excluding hydrogens is 214 g/mol. The lowest BCUT2D eigenvalue weighted by Crippen LogP contribution is -2.41. The minimum absolute atomic E-state index is 0.211. The number of hydrogen-bond acceptors (Lipinski definition) is 5. The Kier molecular flexibility index (Phi) is 4.25. The standard InChI is InChI=1S/C9H17N.C3H4N4/c1-2-5-9(6-3-1)7-4-8-10-9;4-3-5-1-2-6-7-3/h10H,1-8H2;1-2H,(H2,4,5,7). The third kappa shape index (κ3) is 3.63. The maximum atomic E-state index is 5.07. The highest BCUT2D eigenvalue weighted by molar-refractivity contribution is 5.07. The van der Waals surface area contributed by atoms with Crippen molar-refractivity contribution in [3.05, 3.63) is 12.4 Å². The molecule has 2 heterocycles. The van der Waals surface area contributed by atoms with Gasteiger partial charge in [-0.2, -0.15) is 5.10 Å². The van der Waals surface area contributed by atoms with Gasteiger partial charge in [-0.05, 0) is 32.2 Å². The zero-order valence-electron chi connectivity index (χ0n) is 10.2. The Morgan fingerprint density at radius 2 is 1.82 bits per heavy atom. The summed E-state index contributed by atoms with van der Waals surface area (Å²) in [6.45, 7) is 1.28. The van der Waals surface area contributed by atoms with E-state index in [1.54, 1.807) is 0 Å². The van der Waals surface area contributed by atoms with E-state index in [1.807, 2.05) is 0 Å². The topological polar surface area (TPSA) is 76.7 Å². The van der Waals surface area contributed by atoms with E-state index >= 15 is 0 Å². The van der Waals surface area contributed by atoms with Gasteiger partial charge in [-0.25, -0.2) is 4.98 Å². The van der Waals surface area contributed by atoms with Gasteiger partial charge in [-0.15, -0.1) is 5.10 Å². The van der Waals surface area contributed by atoms with Crippen molar-refractivity contribution in [3.8, 4) is 0 Å². The second kappa shape index (κ2) is 5.91. The van der Waals surface area contributed by atoms with E-state index in [-0.39, 0.29) is 5.95 Å². The van der Waals surface area contributed by atoms with Crippen LogP contribution in [0.25, 0.3) is 0 Å². The fraction of sp³-hybridized carbons (Fsp3) is 0.750. The van der Waals surface area contributed by atoms with Gasteiger partial charge < -0.3 is 11.1 Å². The number of nitrogens with zero attached hydrogens (tertiary/aromatic N) is 3. The molecule has 1 spiro atoms. The molecule has 3 N–H and O–H groups in total. The smallest absolute Gasteiger partial charge is 0.240 e. The van der Waals surface area contributed by atoms with Crippen LogP contribution in [-0.4, -0.2) is 27.3 Å². The molecule has 0 radical (unpaired) electrons. The van der Waals surface area contributed by atoms with Crippen molar-refractivity contribution in [1.29, 1.82) is 0 Å². The highest BCUT2D eigenvalue weighted by atomic mass is 15.2. The summed E-state index contributed by atoms with van der Waals surface area (Å²) in [4.78, 5) is 3.58. The fourth-order valence-electron chi connectivity index (χ4n) is 2.78. The van der Waals surface area contributed by atoms with Crippen molar-refractivity contribution in [1.82, 2.24) is 20.5 Å². The molecule has 94 valence electrons. The number of aromatic nitrogens is 3. The summed E-state index contributed by atoms with van der Waals surface area (Å²) >= 11 is 0. The van der Waals surface area contributed by atoms with Crippen LogP contribution in [-0.2, 0) is 0 Å². The van der Waals surface area contributed by atoms with Crippen LogP contribution in [0, 0.1) is 0 Å². The van der Waals surface area contributed by atoms with E-state index < -0.39 is 0 Å². The molecule has 1 aromatic rings. The number of nitrogens with one attached hydrogen (secondary N) is 1. The molecule has 1 saturated carbocycles. The Bertz CT molecular complexity index is 313. The monoisotopic (exact) mass is 235 g/mol. The van der Waals surface area contributed by atoms with Crippen LogP contribution in [0.1, 0.15) is 44.9 Å². The van der Waals surface area contributed by atoms with Gasteiger partial charge in [0.05, 0.1) is 12.4 Å². The van der Waals surface area contributed by atoms with Gasteiger partial charge in [0.1, 0.15) is 0 Å². The van der Waals surface area contributed by atoms with Gasteiger partial charge in [-0.3, -0.25) is 0 Å². The van der Waals surface area contributed by atoms with E-state index in [0.29, 0.717) is 5.54 Å². The second-order valence-corrected chi connectivity index (χ2v) is 4.87. The van der Waals surface area contributed by atoms with Crippen LogP contribution < -0.4 is 11.1 Å². The summed E-state index contributed by atoms with van der Waals surface area (Å²) in [5, 5.41) is 10.5. The van der Waals surface area contributed by atoms with Crippen molar-refractivity contribution >= 4 is 5.95 Å². The van der Waals surface area contributed by atoms with E-state index in [0.717, 1.165) is 0 Å². The molecular formula is C12H21N5. The normalized spacial score (nSPS) is 21.9. The molecule has 1 saturated heterocycles. The predicted molar refractivity (Wildman–Crippen MR) is 67.3 cm³/mol. The van der Waals surface area contributed by atoms with Crippen molar-refractivity contribution < 1.29 is 0 Å². The van der Waals surface area contributed by atoms with E-state index in [9.17, 15) is 0 Å². The zero-order valence-corrected chi connectivity index (χ0v) is 10.2. The predicted octanol–water partition coefficient (Wildman–Crippen LogP) is 1.53. The molecule has 1 aliphatic heterocycles. The summed E-state index contributed by atoms with van der Waals surface area (Å²) in [5.41, 5.74) is 5.70. The minimum atomic E-state index is 0.211. The maximum Gasteiger partial charge on any atom is 0.240 e. The van der Waals surface area contributed by atoms with Crippen LogP contribution >= 0.6 is 0 Å². The van der Waals surface area contributed by atoms with Crippen molar-refractivity contribution in [2.24, 2.45) is 0 Å². The first kappa shape index (κ1) is 12.2. The molecule has 5 heteroatoms. The Morgan fingerprint density at radius 1 is 1.06 bits per heavy atom. The summed E-state index contributed by atoms with van der Waals surface area (Å²) < 4.78 is 0. The van der Waals surface area contributed by atoms with Crippen LogP contribution in [0.3, 0.4) is 0 Å². The van der Waals surface area contributed by atoms with Gasteiger partial charge >= 0.3 is 0 Å². The lowest BCUT2D eigenvalue weighted by molar-refractivity contribution is 0.264. The van der Waals surface area contributed by atoms with E-state index in [4.69, 9.17) is 5.73 Å². The molecule has 17 heavy (non-hydrogen) atoms. The fourth-order valence-corrected chi connectivity index (χ4v) is 2.78. The average Bonchev–Trinajstić information content (AvgIpc) is 2.80. The number of nitrogen functional groups attached to an aromatic ring is 1. The van der Waals surface area contributed by atoms with Crippen molar-refractivity contribution in [2.75, 3.05) is 12.3 Å². The molecule has 1 aromatic heterocycles. The molecule has 0 bridgehead atoms. The zero-order chi connectivity index (χ0) is 12.0. The van der Waals surface area contributed by atoms with Crippen molar-refractivity contribution in [3.63, 3.8) is 0 Å². The molecule has 2 fully saturated rings. The molecule has 0 unspecified atom stereocenters. The summed E-state index contributed by atoms with van der Waals surface area (Å²) in [6.07, 6.45) is 13.1. The lowest BCUT2D eigenvalue weighted by Gasteiger charge is -2.33. The third-order valence-corrected chi connectivity index (χ3v) is 3.64. The summed E-state index contributed by atoms with van der Waals surface area (Å²) in [5.74, 6) is 0.211. The Hall–Kier alpha value is -1.23. The lowest BCUT2D eigenvalue weighted by atomic mass is 9.81. The van der Waals surface area contributed by atoms with Crippen LogP contribution in [0.4, 0.5) is 5.95 Å². The molecule has 1 aliphatic carbocycles. The number of nitrogens with two attached hydrogens (primary N) is 1. The van der Waals surface area contributed by atoms with Gasteiger partial charge in [0.2, 0.25) is 5.95 Å². The Balaban J connectivity index is 0.000000136. The molecule has 0 aromatic carbocycles. The van der Waals surface area contributed by atoms with Crippen LogP contribution in [0.15, 0.2) is 12.4 Å². The largest absolute Gasteiger partial charge is 0.366 e. The number of rotatable bonds is 0. The first-order chi connectivity index (χ1) is 8.31. The van der Waals surface area contributed by atoms with Crippen molar-refractivity contribution in [2.45, 2.75) is 50.5 Å².